The Morgan fingerprint density at radius 3 is 2.65 bits per heavy atom. The Labute approximate surface area is 137 Å². The first-order chi connectivity index (χ1) is 10.7. The highest BCUT2D eigenvalue weighted by Crippen LogP contribution is 2.40. The van der Waals surface area contributed by atoms with Crippen molar-refractivity contribution in [3.05, 3.63) is 11.8 Å². The summed E-state index contributed by atoms with van der Waals surface area (Å²) in [5, 5.41) is 4.67. The molecule has 1 aromatic heterocycles. The zero-order valence-electron chi connectivity index (χ0n) is 14.5. The first-order valence-electron chi connectivity index (χ1n) is 8.42. The number of anilines is 1. The van der Waals surface area contributed by atoms with Crippen molar-refractivity contribution < 1.29 is 14.3 Å². The Kier molecular flexibility index (Phi) is 3.81. The molecule has 2 aliphatic carbocycles. The standard InChI is InChI=1S/C17H27N3O3/c1-16(2,3)20-14(18)10-13(19-20)11-5-6-12(9-11)22-15(21)23-17(4)7-8-17/h10-12H,5-9,18H2,1-4H3/t11-,12+/m0/s1. The van der Waals surface area contributed by atoms with Crippen LogP contribution < -0.4 is 5.73 Å². The number of hydrogen-bond donors (Lipinski definition) is 1. The van der Waals surface area contributed by atoms with E-state index in [1.54, 1.807) is 0 Å². The summed E-state index contributed by atoms with van der Waals surface area (Å²) in [7, 11) is 0. The third-order valence-corrected chi connectivity index (χ3v) is 4.74. The van der Waals surface area contributed by atoms with E-state index in [0.717, 1.165) is 37.8 Å². The maximum Gasteiger partial charge on any atom is 0.509 e. The molecule has 3 rings (SSSR count). The lowest BCUT2D eigenvalue weighted by atomic mass is 10.0. The van der Waals surface area contributed by atoms with E-state index in [2.05, 4.69) is 25.9 Å². The molecule has 23 heavy (non-hydrogen) atoms. The predicted octanol–water partition coefficient (Wildman–Crippen LogP) is 3.56. The van der Waals surface area contributed by atoms with Gasteiger partial charge >= 0.3 is 6.16 Å². The number of nitrogen functional groups attached to an aromatic ring is 1. The molecule has 0 radical (unpaired) electrons. The molecule has 1 heterocycles. The predicted molar refractivity (Wildman–Crippen MR) is 87.2 cm³/mol. The molecule has 2 atom stereocenters. The molecule has 0 saturated heterocycles. The van der Waals surface area contributed by atoms with E-state index in [4.69, 9.17) is 15.2 Å². The zero-order valence-corrected chi connectivity index (χ0v) is 14.5. The Morgan fingerprint density at radius 2 is 2.09 bits per heavy atom. The van der Waals surface area contributed by atoms with E-state index < -0.39 is 6.16 Å². The molecule has 1 aromatic rings. The molecule has 0 spiro atoms. The summed E-state index contributed by atoms with van der Waals surface area (Å²) in [6, 6.07) is 1.95. The van der Waals surface area contributed by atoms with Crippen molar-refractivity contribution >= 4 is 12.0 Å². The maximum atomic E-state index is 11.8. The van der Waals surface area contributed by atoms with Gasteiger partial charge in [-0.1, -0.05) is 0 Å². The van der Waals surface area contributed by atoms with Crippen LogP contribution in [0.4, 0.5) is 10.6 Å². The van der Waals surface area contributed by atoms with Crippen molar-refractivity contribution in [3.63, 3.8) is 0 Å². The van der Waals surface area contributed by atoms with Gasteiger partial charge in [0.05, 0.1) is 11.2 Å². The lowest BCUT2D eigenvalue weighted by molar-refractivity contribution is -0.00342. The molecular formula is C17H27N3O3. The molecule has 2 aliphatic rings. The summed E-state index contributed by atoms with van der Waals surface area (Å²) >= 11 is 0. The highest BCUT2D eigenvalue weighted by Gasteiger charge is 2.43. The van der Waals surface area contributed by atoms with E-state index in [0.29, 0.717) is 5.82 Å². The van der Waals surface area contributed by atoms with Crippen molar-refractivity contribution in [3.8, 4) is 0 Å². The lowest BCUT2D eigenvalue weighted by Gasteiger charge is -2.20. The second-order valence-corrected chi connectivity index (χ2v) is 8.13. The molecule has 2 fully saturated rings. The zero-order chi connectivity index (χ0) is 16.8. The molecule has 0 unspecified atom stereocenters. The summed E-state index contributed by atoms with van der Waals surface area (Å²) < 4.78 is 12.6. The Morgan fingerprint density at radius 1 is 1.39 bits per heavy atom. The van der Waals surface area contributed by atoms with E-state index in [1.165, 1.54) is 0 Å². The van der Waals surface area contributed by atoms with Crippen LogP contribution >= 0.6 is 0 Å². The molecule has 0 amide bonds. The second kappa shape index (κ2) is 5.42. The summed E-state index contributed by atoms with van der Waals surface area (Å²) in [6.07, 6.45) is 3.82. The molecule has 0 bridgehead atoms. The summed E-state index contributed by atoms with van der Waals surface area (Å²) in [6.45, 7) is 8.17. The van der Waals surface area contributed by atoms with Crippen LogP contribution in [0.3, 0.4) is 0 Å². The number of aromatic nitrogens is 2. The van der Waals surface area contributed by atoms with Crippen LogP contribution in [-0.4, -0.2) is 27.6 Å². The topological polar surface area (TPSA) is 79.4 Å². The summed E-state index contributed by atoms with van der Waals surface area (Å²) in [5.41, 5.74) is 6.65. The van der Waals surface area contributed by atoms with Gasteiger partial charge in [0.15, 0.2) is 0 Å². The van der Waals surface area contributed by atoms with Crippen LogP contribution in [0.5, 0.6) is 0 Å². The van der Waals surface area contributed by atoms with Crippen molar-refractivity contribution in [1.29, 1.82) is 0 Å². The van der Waals surface area contributed by atoms with Gasteiger partial charge in [-0.2, -0.15) is 5.10 Å². The SMILES string of the molecule is CC1(OC(=O)O[C@@H]2CC[C@H](c3cc(N)n(C(C)(C)C)n3)C2)CC1. The van der Waals surface area contributed by atoms with Gasteiger partial charge in [0.1, 0.15) is 17.5 Å². The first-order valence-corrected chi connectivity index (χ1v) is 8.42. The van der Waals surface area contributed by atoms with Gasteiger partial charge in [0.25, 0.3) is 0 Å². The average Bonchev–Trinajstić information content (AvgIpc) is 2.86. The summed E-state index contributed by atoms with van der Waals surface area (Å²) in [5.74, 6) is 0.966. The fourth-order valence-electron chi connectivity index (χ4n) is 3.11. The number of rotatable bonds is 3. The van der Waals surface area contributed by atoms with Crippen molar-refractivity contribution in [2.45, 2.75) is 83.0 Å². The number of ether oxygens (including phenoxy) is 2. The Bertz CT molecular complexity index is 599. The molecule has 2 N–H and O–H groups in total. The number of carbonyl (C=O) groups is 1. The van der Waals surface area contributed by atoms with Crippen LogP contribution in [0.15, 0.2) is 6.07 Å². The Balaban J connectivity index is 1.58. The fourth-order valence-corrected chi connectivity index (χ4v) is 3.11. The van der Waals surface area contributed by atoms with Gasteiger partial charge in [-0.15, -0.1) is 0 Å². The Hall–Kier alpha value is -1.72. The van der Waals surface area contributed by atoms with Crippen molar-refractivity contribution in [1.82, 2.24) is 9.78 Å². The quantitative estimate of drug-likeness (QED) is 0.861. The minimum Gasteiger partial charge on any atom is -0.431 e. The second-order valence-electron chi connectivity index (χ2n) is 8.13. The lowest BCUT2D eigenvalue weighted by Crippen LogP contribution is -2.25. The highest BCUT2D eigenvalue weighted by atomic mass is 16.7. The van der Waals surface area contributed by atoms with Gasteiger partial charge in [0, 0.05) is 12.0 Å². The van der Waals surface area contributed by atoms with Gasteiger partial charge in [-0.3, -0.25) is 0 Å². The normalized spacial score (nSPS) is 26.1. The molecule has 0 aliphatic heterocycles. The molecule has 2 saturated carbocycles. The third-order valence-electron chi connectivity index (χ3n) is 4.74. The van der Waals surface area contributed by atoms with Crippen LogP contribution in [0.1, 0.15) is 71.4 Å². The maximum absolute atomic E-state index is 11.8. The average molecular weight is 321 g/mol. The summed E-state index contributed by atoms with van der Waals surface area (Å²) in [4.78, 5) is 11.8. The van der Waals surface area contributed by atoms with Crippen LogP contribution in [0.25, 0.3) is 0 Å². The number of carbonyl (C=O) groups excluding carboxylic acids is 1. The van der Waals surface area contributed by atoms with Gasteiger partial charge < -0.3 is 15.2 Å². The number of hydrogen-bond acceptors (Lipinski definition) is 5. The fraction of sp³-hybridized carbons (Fsp3) is 0.765. The van der Waals surface area contributed by atoms with Gasteiger partial charge in [0.2, 0.25) is 0 Å². The van der Waals surface area contributed by atoms with Crippen molar-refractivity contribution in [2.24, 2.45) is 0 Å². The molecule has 6 heteroatoms. The van der Waals surface area contributed by atoms with E-state index >= 15 is 0 Å². The monoisotopic (exact) mass is 321 g/mol. The van der Waals surface area contributed by atoms with Crippen LogP contribution in [-0.2, 0) is 15.0 Å². The highest BCUT2D eigenvalue weighted by molar-refractivity contribution is 5.61. The van der Waals surface area contributed by atoms with Gasteiger partial charge in [-0.25, -0.2) is 9.48 Å². The minimum atomic E-state index is -0.532. The van der Waals surface area contributed by atoms with Crippen LogP contribution in [0, 0.1) is 0 Å². The smallest absolute Gasteiger partial charge is 0.431 e. The van der Waals surface area contributed by atoms with Crippen molar-refractivity contribution in [2.75, 3.05) is 5.73 Å². The molecule has 0 aromatic carbocycles. The molecular weight excluding hydrogens is 294 g/mol. The van der Waals surface area contributed by atoms with Gasteiger partial charge in [-0.05, 0) is 59.8 Å². The minimum absolute atomic E-state index is 0.0872. The van der Waals surface area contributed by atoms with E-state index in [1.807, 2.05) is 17.7 Å². The van der Waals surface area contributed by atoms with E-state index in [9.17, 15) is 4.79 Å². The number of nitrogens with two attached hydrogens (primary N) is 1. The molecule has 6 nitrogen and oxygen atoms in total. The van der Waals surface area contributed by atoms with E-state index in [-0.39, 0.29) is 23.2 Å². The molecule has 128 valence electrons. The largest absolute Gasteiger partial charge is 0.509 e. The van der Waals surface area contributed by atoms with Crippen LogP contribution in [0.2, 0.25) is 0 Å². The third kappa shape index (κ3) is 3.62. The first kappa shape index (κ1) is 16.1. The number of nitrogens with zero attached hydrogens (tertiary/aromatic N) is 2.